The molecule has 1 nitrogen and oxygen atoms in total. The number of rotatable bonds is 0. The largest absolute Gasteiger partial charge is 0.372 e. The third-order valence-corrected chi connectivity index (χ3v) is 1.97. The van der Waals surface area contributed by atoms with Gasteiger partial charge in [-0.25, -0.2) is 0 Å². The lowest BCUT2D eigenvalue weighted by molar-refractivity contribution is 0.134. The summed E-state index contributed by atoms with van der Waals surface area (Å²) < 4.78 is 20.9. The predicted molar refractivity (Wildman–Crippen MR) is 42.6 cm³/mol. The standard InChI is InChI=1S/C8H7BrO/c9-8-2-1-6-4-10-5-7(6)3-8/h1-3H,4-5H2/i4D2. The average Bonchev–Trinajstić information content (AvgIpc) is 2.27. The first kappa shape index (κ1) is 4.52. The minimum Gasteiger partial charge on any atom is -0.372 e. The molecule has 0 bridgehead atoms. The van der Waals surface area contributed by atoms with Crippen LogP contribution in [0.2, 0.25) is 0 Å². The van der Waals surface area contributed by atoms with Crippen LogP contribution in [0.1, 0.15) is 13.9 Å². The molecule has 0 aliphatic carbocycles. The molecular formula is C8H7BrO. The van der Waals surface area contributed by atoms with Crippen LogP contribution in [0.25, 0.3) is 0 Å². The van der Waals surface area contributed by atoms with Crippen molar-refractivity contribution >= 4 is 15.9 Å². The molecule has 52 valence electrons. The van der Waals surface area contributed by atoms with Crippen LogP contribution in [-0.2, 0) is 17.9 Å². The van der Waals surface area contributed by atoms with E-state index in [2.05, 4.69) is 15.9 Å². The zero-order valence-electron chi connectivity index (χ0n) is 7.23. The maximum Gasteiger partial charge on any atom is 0.0725 e. The first-order valence-electron chi connectivity index (χ1n) is 4.02. The van der Waals surface area contributed by atoms with Crippen molar-refractivity contribution in [3.8, 4) is 0 Å². The molecule has 0 saturated heterocycles. The Morgan fingerprint density at radius 1 is 1.50 bits per heavy atom. The van der Waals surface area contributed by atoms with Crippen molar-refractivity contribution in [3.63, 3.8) is 0 Å². The Labute approximate surface area is 70.9 Å². The maximum atomic E-state index is 7.47. The summed E-state index contributed by atoms with van der Waals surface area (Å²) in [4.78, 5) is 0. The first-order chi connectivity index (χ1) is 5.59. The second kappa shape index (κ2) is 2.36. The molecule has 2 rings (SSSR count). The van der Waals surface area contributed by atoms with Crippen LogP contribution in [0.15, 0.2) is 22.7 Å². The zero-order chi connectivity index (χ0) is 8.77. The molecule has 0 saturated carbocycles. The Morgan fingerprint density at radius 2 is 2.40 bits per heavy atom. The van der Waals surface area contributed by atoms with E-state index in [-0.39, 0.29) is 0 Å². The van der Waals surface area contributed by atoms with E-state index in [1.807, 2.05) is 12.1 Å². The van der Waals surface area contributed by atoms with Crippen molar-refractivity contribution in [1.82, 2.24) is 0 Å². The fourth-order valence-corrected chi connectivity index (χ4v) is 1.38. The second-order valence-corrected chi connectivity index (χ2v) is 3.11. The van der Waals surface area contributed by atoms with Crippen molar-refractivity contribution in [1.29, 1.82) is 0 Å². The monoisotopic (exact) mass is 200 g/mol. The van der Waals surface area contributed by atoms with Gasteiger partial charge in [0.25, 0.3) is 0 Å². The van der Waals surface area contributed by atoms with Gasteiger partial charge in [-0.1, -0.05) is 22.0 Å². The third kappa shape index (κ3) is 0.976. The van der Waals surface area contributed by atoms with Gasteiger partial charge < -0.3 is 4.74 Å². The van der Waals surface area contributed by atoms with Gasteiger partial charge in [0.15, 0.2) is 0 Å². The highest BCUT2D eigenvalue weighted by molar-refractivity contribution is 9.10. The van der Waals surface area contributed by atoms with E-state index in [1.54, 1.807) is 6.07 Å². The van der Waals surface area contributed by atoms with E-state index in [1.165, 1.54) is 0 Å². The minimum absolute atomic E-state index is 0.363. The summed E-state index contributed by atoms with van der Waals surface area (Å²) in [5.74, 6) is 0. The van der Waals surface area contributed by atoms with Crippen LogP contribution < -0.4 is 0 Å². The van der Waals surface area contributed by atoms with Crippen molar-refractivity contribution in [2.24, 2.45) is 0 Å². The molecule has 10 heavy (non-hydrogen) atoms. The summed E-state index contributed by atoms with van der Waals surface area (Å²) in [6.45, 7) is -1.24. The lowest BCUT2D eigenvalue weighted by atomic mass is 10.1. The van der Waals surface area contributed by atoms with Gasteiger partial charge in [-0.05, 0) is 23.3 Å². The highest BCUT2D eigenvalue weighted by atomic mass is 79.9. The van der Waals surface area contributed by atoms with Gasteiger partial charge in [0, 0.05) is 4.47 Å². The first-order valence-corrected chi connectivity index (χ1v) is 3.82. The summed E-state index contributed by atoms with van der Waals surface area (Å²) in [5, 5.41) is 0. The second-order valence-electron chi connectivity index (χ2n) is 2.19. The molecule has 0 N–H and O–H groups in total. The molecule has 0 amide bonds. The van der Waals surface area contributed by atoms with Gasteiger partial charge >= 0.3 is 0 Å². The van der Waals surface area contributed by atoms with Crippen LogP contribution in [0.5, 0.6) is 0 Å². The number of hydrogen-bond acceptors (Lipinski definition) is 1. The Morgan fingerprint density at radius 3 is 3.30 bits per heavy atom. The smallest absolute Gasteiger partial charge is 0.0725 e. The Kier molecular flexibility index (Phi) is 1.07. The Balaban J connectivity index is 2.55. The van der Waals surface area contributed by atoms with E-state index >= 15 is 0 Å². The molecule has 1 aliphatic rings. The lowest BCUT2D eigenvalue weighted by Gasteiger charge is -1.94. The number of benzene rings is 1. The molecule has 1 aromatic carbocycles. The Bertz CT molecular complexity index is 325. The summed E-state index contributed by atoms with van der Waals surface area (Å²) in [6, 6.07) is 5.47. The van der Waals surface area contributed by atoms with Crippen LogP contribution in [0.3, 0.4) is 0 Å². The van der Waals surface area contributed by atoms with Crippen LogP contribution in [-0.4, -0.2) is 0 Å². The summed E-state index contributed by atoms with van der Waals surface area (Å²) in [7, 11) is 0. The van der Waals surface area contributed by atoms with Crippen LogP contribution >= 0.6 is 15.9 Å². The average molecular weight is 201 g/mol. The lowest BCUT2D eigenvalue weighted by Crippen LogP contribution is -1.79. The summed E-state index contributed by atoms with van der Waals surface area (Å²) in [5.41, 5.74) is 1.57. The third-order valence-electron chi connectivity index (χ3n) is 1.48. The molecule has 1 heterocycles. The molecule has 0 aromatic heterocycles. The summed E-state index contributed by atoms with van der Waals surface area (Å²) >= 11 is 3.32. The number of fused-ring (bicyclic) bond motifs is 1. The van der Waals surface area contributed by atoms with Gasteiger partial charge in [-0.2, -0.15) is 0 Å². The molecule has 1 aromatic rings. The van der Waals surface area contributed by atoms with E-state index in [0.29, 0.717) is 12.2 Å². The quantitative estimate of drug-likeness (QED) is 0.626. The van der Waals surface area contributed by atoms with E-state index in [9.17, 15) is 0 Å². The van der Waals surface area contributed by atoms with Crippen molar-refractivity contribution in [2.45, 2.75) is 13.2 Å². The fourth-order valence-electron chi connectivity index (χ4n) is 0.973. The van der Waals surface area contributed by atoms with Gasteiger partial charge in [0.2, 0.25) is 0 Å². The highest BCUT2D eigenvalue weighted by Crippen LogP contribution is 2.22. The van der Waals surface area contributed by atoms with Gasteiger partial charge in [0.05, 0.1) is 15.9 Å². The molecule has 0 radical (unpaired) electrons. The number of halogens is 1. The molecule has 0 atom stereocenters. The van der Waals surface area contributed by atoms with E-state index in [4.69, 9.17) is 7.48 Å². The van der Waals surface area contributed by atoms with Gasteiger partial charge in [-0.15, -0.1) is 0 Å². The maximum absolute atomic E-state index is 7.47. The van der Waals surface area contributed by atoms with Crippen molar-refractivity contribution in [2.75, 3.05) is 0 Å². The molecule has 0 fully saturated rings. The molecule has 1 aliphatic heterocycles. The van der Waals surface area contributed by atoms with E-state index in [0.717, 1.165) is 10.0 Å². The van der Waals surface area contributed by atoms with E-state index < -0.39 is 6.56 Å². The predicted octanol–water partition coefficient (Wildman–Crippen LogP) is 2.48. The fraction of sp³-hybridized carbons (Fsp3) is 0.250. The topological polar surface area (TPSA) is 9.23 Å². The highest BCUT2D eigenvalue weighted by Gasteiger charge is 2.09. The van der Waals surface area contributed by atoms with Crippen LogP contribution in [0.4, 0.5) is 0 Å². The molecular weight excluding hydrogens is 192 g/mol. The molecule has 2 heteroatoms. The van der Waals surface area contributed by atoms with Gasteiger partial charge in [0.1, 0.15) is 0 Å². The normalized spacial score (nSPS) is 23.3. The Hall–Kier alpha value is -0.340. The number of ether oxygens (including phenoxy) is 1. The van der Waals surface area contributed by atoms with Crippen molar-refractivity contribution in [3.05, 3.63) is 33.8 Å². The zero-order valence-corrected chi connectivity index (χ0v) is 6.81. The number of hydrogen-bond donors (Lipinski definition) is 0. The summed E-state index contributed by atoms with van der Waals surface area (Å²) in [6.07, 6.45) is 0. The van der Waals surface area contributed by atoms with Crippen LogP contribution in [0, 0.1) is 0 Å². The molecule has 0 unspecified atom stereocenters. The van der Waals surface area contributed by atoms with Crippen molar-refractivity contribution < 1.29 is 7.48 Å². The molecule has 0 spiro atoms. The minimum atomic E-state index is -1.60. The van der Waals surface area contributed by atoms with Gasteiger partial charge in [-0.3, -0.25) is 0 Å². The SMILES string of the molecule is [2H]C1([2H])OCc2cc(Br)ccc21.